The highest BCUT2D eigenvalue weighted by Crippen LogP contribution is 2.61. The highest BCUT2D eigenvalue weighted by Gasteiger charge is 2.53. The summed E-state index contributed by atoms with van der Waals surface area (Å²) in [6.45, 7) is 0. The van der Waals surface area contributed by atoms with Gasteiger partial charge in [0.05, 0.1) is 0 Å². The van der Waals surface area contributed by atoms with Crippen LogP contribution in [-0.4, -0.2) is 6.04 Å². The van der Waals surface area contributed by atoms with E-state index in [1.165, 1.54) is 56.7 Å². The minimum absolute atomic E-state index is 0.0396. The fraction of sp³-hybridized carbons (Fsp3) is 0.667. The van der Waals surface area contributed by atoms with Crippen LogP contribution >= 0.6 is 0 Å². The van der Waals surface area contributed by atoms with E-state index in [-0.39, 0.29) is 23.1 Å². The number of nitrogens with two attached hydrogens (primary N) is 1. The highest BCUT2D eigenvalue weighted by atomic mass is 19.1. The Labute approximate surface area is 124 Å². The van der Waals surface area contributed by atoms with Crippen LogP contribution in [0, 0.1) is 34.8 Å². The smallest absolute Gasteiger partial charge is 0.126 e. The third-order valence-electron chi connectivity index (χ3n) is 6.32. The van der Waals surface area contributed by atoms with E-state index in [9.17, 15) is 8.78 Å². The summed E-state index contributed by atoms with van der Waals surface area (Å²) in [6.07, 6.45) is 8.21. The maximum Gasteiger partial charge on any atom is 0.126 e. The van der Waals surface area contributed by atoms with E-state index in [0.29, 0.717) is 12.0 Å². The molecule has 114 valence electrons. The molecule has 21 heavy (non-hydrogen) atoms. The van der Waals surface area contributed by atoms with Gasteiger partial charge in [-0.3, -0.25) is 0 Å². The molecule has 0 aliphatic heterocycles. The van der Waals surface area contributed by atoms with Gasteiger partial charge in [-0.25, -0.2) is 8.78 Å². The average Bonchev–Trinajstić information content (AvgIpc) is 2.41. The Hall–Kier alpha value is -0.960. The molecule has 1 aromatic rings. The van der Waals surface area contributed by atoms with E-state index < -0.39 is 0 Å². The normalized spacial score (nSPS) is 38.7. The average molecular weight is 291 g/mol. The molecule has 4 aliphatic carbocycles. The van der Waals surface area contributed by atoms with Crippen molar-refractivity contribution in [2.45, 2.75) is 51.0 Å². The van der Waals surface area contributed by atoms with Crippen molar-refractivity contribution in [1.29, 1.82) is 0 Å². The number of hydrogen-bond donors (Lipinski definition) is 1. The fourth-order valence-electron chi connectivity index (χ4n) is 5.78. The van der Waals surface area contributed by atoms with Crippen LogP contribution in [0.2, 0.25) is 0 Å². The van der Waals surface area contributed by atoms with Crippen molar-refractivity contribution in [2.75, 3.05) is 0 Å². The summed E-state index contributed by atoms with van der Waals surface area (Å²) >= 11 is 0. The molecule has 1 nitrogen and oxygen atoms in total. The van der Waals surface area contributed by atoms with Gasteiger partial charge in [0.1, 0.15) is 11.6 Å². The van der Waals surface area contributed by atoms with Crippen molar-refractivity contribution < 1.29 is 8.78 Å². The predicted octanol–water partition coefficient (Wildman–Crippen LogP) is 4.05. The summed E-state index contributed by atoms with van der Waals surface area (Å²) in [7, 11) is 0. The van der Waals surface area contributed by atoms with E-state index in [2.05, 4.69) is 0 Å². The Kier molecular flexibility index (Phi) is 3.11. The molecular weight excluding hydrogens is 268 g/mol. The van der Waals surface area contributed by atoms with Gasteiger partial charge in [-0.15, -0.1) is 0 Å². The van der Waals surface area contributed by atoms with Gasteiger partial charge in [-0.05, 0) is 91.9 Å². The quantitative estimate of drug-likeness (QED) is 0.893. The van der Waals surface area contributed by atoms with Gasteiger partial charge in [-0.2, -0.15) is 0 Å². The second kappa shape index (κ2) is 4.77. The maximum atomic E-state index is 13.9. The molecule has 4 fully saturated rings. The van der Waals surface area contributed by atoms with Gasteiger partial charge < -0.3 is 5.73 Å². The highest BCUT2D eigenvalue weighted by molar-refractivity contribution is 5.21. The van der Waals surface area contributed by atoms with Gasteiger partial charge in [0.15, 0.2) is 0 Å². The molecule has 0 heterocycles. The van der Waals surface area contributed by atoms with E-state index in [1.807, 2.05) is 0 Å². The van der Waals surface area contributed by atoms with Crippen LogP contribution in [0.1, 0.15) is 44.1 Å². The minimum atomic E-state index is -0.371. The van der Waals surface area contributed by atoms with Gasteiger partial charge in [0.2, 0.25) is 0 Å². The van der Waals surface area contributed by atoms with Crippen LogP contribution in [0.5, 0.6) is 0 Å². The second-order valence-electron chi connectivity index (χ2n) is 7.83. The molecule has 2 N–H and O–H groups in total. The molecule has 0 saturated heterocycles. The van der Waals surface area contributed by atoms with Crippen LogP contribution in [0.3, 0.4) is 0 Å². The van der Waals surface area contributed by atoms with Crippen molar-refractivity contribution in [3.63, 3.8) is 0 Å². The maximum absolute atomic E-state index is 13.9. The van der Waals surface area contributed by atoms with E-state index >= 15 is 0 Å². The lowest BCUT2D eigenvalue weighted by molar-refractivity contribution is -0.0668. The summed E-state index contributed by atoms with van der Waals surface area (Å²) in [5.41, 5.74) is 7.17. The molecule has 0 spiro atoms. The van der Waals surface area contributed by atoms with Crippen LogP contribution in [0.15, 0.2) is 18.2 Å². The Morgan fingerprint density at radius 3 is 2.19 bits per heavy atom. The Morgan fingerprint density at radius 2 is 1.62 bits per heavy atom. The summed E-state index contributed by atoms with van der Waals surface area (Å²) in [4.78, 5) is 0. The molecule has 1 atom stereocenters. The van der Waals surface area contributed by atoms with Crippen LogP contribution in [-0.2, 0) is 6.42 Å². The van der Waals surface area contributed by atoms with Crippen molar-refractivity contribution in [3.8, 4) is 0 Å². The van der Waals surface area contributed by atoms with Gasteiger partial charge in [0, 0.05) is 6.04 Å². The monoisotopic (exact) mass is 291 g/mol. The number of benzene rings is 1. The van der Waals surface area contributed by atoms with Crippen molar-refractivity contribution in [2.24, 2.45) is 28.9 Å². The standard InChI is InChI=1S/C18H23F2N/c19-15-1-2-16(20)14(6-15)7-17(21)18-8-11-3-12(9-18)5-13(4-11)10-18/h1-2,6,11-13,17H,3-5,7-10,21H2. The van der Waals surface area contributed by atoms with Gasteiger partial charge in [-0.1, -0.05) is 0 Å². The summed E-state index contributed by atoms with van der Waals surface area (Å²) < 4.78 is 27.2. The van der Waals surface area contributed by atoms with E-state index in [1.54, 1.807) is 0 Å². The lowest BCUT2D eigenvalue weighted by Gasteiger charge is -2.59. The van der Waals surface area contributed by atoms with Crippen molar-refractivity contribution in [1.82, 2.24) is 0 Å². The van der Waals surface area contributed by atoms with Crippen LogP contribution < -0.4 is 5.73 Å². The third kappa shape index (κ3) is 2.30. The molecule has 4 saturated carbocycles. The third-order valence-corrected chi connectivity index (χ3v) is 6.32. The summed E-state index contributed by atoms with van der Waals surface area (Å²) in [5, 5.41) is 0. The number of hydrogen-bond acceptors (Lipinski definition) is 1. The molecule has 0 radical (unpaired) electrons. The summed E-state index contributed by atoms with van der Waals surface area (Å²) in [5.74, 6) is 1.81. The molecular formula is C18H23F2N. The zero-order chi connectivity index (χ0) is 14.6. The largest absolute Gasteiger partial charge is 0.327 e. The Bertz CT molecular complexity index is 519. The van der Waals surface area contributed by atoms with E-state index in [4.69, 9.17) is 5.73 Å². The number of halogens is 2. The van der Waals surface area contributed by atoms with Crippen LogP contribution in [0.25, 0.3) is 0 Å². The molecule has 0 aromatic heterocycles. The first-order chi connectivity index (χ1) is 10.0. The lowest BCUT2D eigenvalue weighted by Crippen LogP contribution is -2.55. The second-order valence-corrected chi connectivity index (χ2v) is 7.83. The van der Waals surface area contributed by atoms with Crippen LogP contribution in [0.4, 0.5) is 8.78 Å². The molecule has 4 aliphatic rings. The lowest BCUT2D eigenvalue weighted by atomic mass is 9.47. The van der Waals surface area contributed by atoms with Crippen molar-refractivity contribution in [3.05, 3.63) is 35.4 Å². The predicted molar refractivity (Wildman–Crippen MR) is 78.6 cm³/mol. The first-order valence-corrected chi connectivity index (χ1v) is 8.23. The first-order valence-electron chi connectivity index (χ1n) is 8.23. The van der Waals surface area contributed by atoms with Gasteiger partial charge >= 0.3 is 0 Å². The Balaban J connectivity index is 1.57. The summed E-state index contributed by atoms with van der Waals surface area (Å²) in [6, 6.07) is 3.67. The van der Waals surface area contributed by atoms with Crippen molar-refractivity contribution >= 4 is 0 Å². The topological polar surface area (TPSA) is 26.0 Å². The molecule has 1 unspecified atom stereocenters. The first kappa shape index (κ1) is 13.7. The fourth-order valence-corrected chi connectivity index (χ4v) is 5.78. The van der Waals surface area contributed by atoms with E-state index in [0.717, 1.165) is 17.8 Å². The molecule has 5 rings (SSSR count). The molecule has 1 aromatic carbocycles. The van der Waals surface area contributed by atoms with Gasteiger partial charge in [0.25, 0.3) is 0 Å². The molecule has 0 amide bonds. The zero-order valence-electron chi connectivity index (χ0n) is 12.3. The zero-order valence-corrected chi connectivity index (χ0v) is 12.3. The minimum Gasteiger partial charge on any atom is -0.327 e. The Morgan fingerprint density at radius 1 is 1.05 bits per heavy atom. The molecule has 4 bridgehead atoms. The molecule has 3 heteroatoms. The SMILES string of the molecule is NC(Cc1cc(F)ccc1F)C12CC3CC(CC(C3)C1)C2. The number of rotatable bonds is 3.